The molecule has 0 amide bonds. The molecule has 0 aliphatic heterocycles. The molecule has 3 aromatic rings. The zero-order chi connectivity index (χ0) is 21.1. The minimum absolute atomic E-state index is 0.318. The summed E-state index contributed by atoms with van der Waals surface area (Å²) in [7, 11) is 1.33. The molecule has 0 saturated carbocycles. The number of carbonyl (C=O) groups is 1. The van der Waals surface area contributed by atoms with Crippen molar-refractivity contribution in [1.29, 1.82) is 0 Å². The first-order valence-corrected chi connectivity index (χ1v) is 11.1. The molecule has 0 unspecified atom stereocenters. The lowest BCUT2D eigenvalue weighted by Crippen LogP contribution is -2.07. The van der Waals surface area contributed by atoms with Crippen LogP contribution in [-0.4, -0.2) is 23.0 Å². The first-order valence-electron chi connectivity index (χ1n) is 8.74. The van der Waals surface area contributed by atoms with Gasteiger partial charge in [0.15, 0.2) is 5.13 Å². The summed E-state index contributed by atoms with van der Waals surface area (Å²) in [5, 5.41) is 4.76. The second-order valence-corrected chi connectivity index (χ2v) is 9.50. The maximum absolute atomic E-state index is 12.1. The quantitative estimate of drug-likeness (QED) is 0.358. The number of nitrogens with zero attached hydrogens (tertiary/aromatic N) is 2. The fraction of sp³-hybridized carbons (Fsp3) is 0.250. The number of halogens is 3. The number of hydrogen-bond donors (Lipinski definition) is 1. The van der Waals surface area contributed by atoms with E-state index in [1.165, 1.54) is 18.4 Å². The van der Waals surface area contributed by atoms with Crippen LogP contribution in [0.1, 0.15) is 29.1 Å². The second-order valence-electron chi connectivity index (χ2n) is 6.68. The Morgan fingerprint density at radius 1 is 1.28 bits per heavy atom. The van der Waals surface area contributed by atoms with E-state index in [1.807, 2.05) is 12.1 Å². The minimum atomic E-state index is -0.482. The van der Waals surface area contributed by atoms with Crippen LogP contribution in [0.5, 0.6) is 0 Å². The number of pyridine rings is 1. The topological polar surface area (TPSA) is 64.1 Å². The Morgan fingerprint density at radius 2 is 2.03 bits per heavy atom. The van der Waals surface area contributed by atoms with Crippen molar-refractivity contribution in [1.82, 2.24) is 9.97 Å². The molecule has 0 bridgehead atoms. The summed E-state index contributed by atoms with van der Waals surface area (Å²) in [5.41, 5.74) is 2.04. The van der Waals surface area contributed by atoms with E-state index >= 15 is 0 Å². The highest BCUT2D eigenvalue weighted by atomic mass is 79.9. The third-order valence-corrected chi connectivity index (χ3v) is 6.13. The van der Waals surface area contributed by atoms with E-state index in [0.717, 1.165) is 22.6 Å². The number of benzene rings is 1. The third kappa shape index (κ3) is 5.28. The summed E-state index contributed by atoms with van der Waals surface area (Å²) in [5.74, 6) is 0.344. The van der Waals surface area contributed by atoms with Crippen LogP contribution in [-0.2, 0) is 11.2 Å². The molecule has 0 aliphatic carbocycles. The van der Waals surface area contributed by atoms with Gasteiger partial charge in [-0.15, -0.1) is 11.3 Å². The number of aromatic nitrogens is 2. The minimum Gasteiger partial charge on any atom is -0.465 e. The highest BCUT2D eigenvalue weighted by molar-refractivity contribution is 9.10. The SMILES string of the molecule is COC(=O)c1cc(Br)cnc1Nc1nc(-c2ccc(Cl)c(Cl)c2)c(CC(C)C)s1. The van der Waals surface area contributed by atoms with Gasteiger partial charge in [0, 0.05) is 21.1 Å². The summed E-state index contributed by atoms with van der Waals surface area (Å²) in [6.07, 6.45) is 2.46. The zero-order valence-corrected chi connectivity index (χ0v) is 19.8. The number of hydrogen-bond acceptors (Lipinski definition) is 6. The molecule has 2 heterocycles. The molecule has 0 aliphatic rings. The van der Waals surface area contributed by atoms with Crippen molar-refractivity contribution >= 4 is 67.4 Å². The number of esters is 1. The van der Waals surface area contributed by atoms with E-state index in [-0.39, 0.29) is 0 Å². The van der Waals surface area contributed by atoms with Crippen LogP contribution in [0, 0.1) is 5.92 Å². The summed E-state index contributed by atoms with van der Waals surface area (Å²) < 4.78 is 5.54. The predicted octanol–water partition coefficient (Wildman–Crippen LogP) is 7.00. The first-order chi connectivity index (χ1) is 13.8. The third-order valence-electron chi connectivity index (χ3n) is 3.97. The van der Waals surface area contributed by atoms with Crippen molar-refractivity contribution < 1.29 is 9.53 Å². The molecule has 5 nitrogen and oxygen atoms in total. The maximum Gasteiger partial charge on any atom is 0.341 e. The normalized spacial score (nSPS) is 11.0. The first kappa shape index (κ1) is 22.0. The Balaban J connectivity index is 2.02. The molecular weight excluding hydrogens is 497 g/mol. The number of anilines is 2. The van der Waals surface area contributed by atoms with Crippen LogP contribution >= 0.6 is 50.5 Å². The van der Waals surface area contributed by atoms with Crippen LogP contribution in [0.25, 0.3) is 11.3 Å². The van der Waals surface area contributed by atoms with Crippen molar-refractivity contribution in [3.05, 3.63) is 55.4 Å². The number of thiazole rings is 1. The van der Waals surface area contributed by atoms with Crippen LogP contribution in [0.2, 0.25) is 10.0 Å². The number of carbonyl (C=O) groups excluding carboxylic acids is 1. The smallest absolute Gasteiger partial charge is 0.341 e. The Hall–Kier alpha value is -1.67. The van der Waals surface area contributed by atoms with Gasteiger partial charge in [0.05, 0.1) is 22.8 Å². The number of methoxy groups -OCH3 is 1. The largest absolute Gasteiger partial charge is 0.465 e. The molecule has 3 rings (SSSR count). The van der Waals surface area contributed by atoms with Gasteiger partial charge in [0.2, 0.25) is 0 Å². The van der Waals surface area contributed by atoms with Gasteiger partial charge in [-0.25, -0.2) is 14.8 Å². The van der Waals surface area contributed by atoms with Crippen molar-refractivity contribution in [3.63, 3.8) is 0 Å². The monoisotopic (exact) mass is 513 g/mol. The van der Waals surface area contributed by atoms with Crippen LogP contribution < -0.4 is 5.32 Å². The Kier molecular flexibility index (Phi) is 7.16. The summed E-state index contributed by atoms with van der Waals surface area (Å²) in [4.78, 5) is 22.3. The van der Waals surface area contributed by atoms with Crippen molar-refractivity contribution in [3.8, 4) is 11.3 Å². The average Bonchev–Trinajstić information content (AvgIpc) is 3.06. The van der Waals surface area contributed by atoms with Crippen LogP contribution in [0.4, 0.5) is 10.9 Å². The Morgan fingerprint density at radius 3 is 2.69 bits per heavy atom. The van der Waals surface area contributed by atoms with Crippen molar-refractivity contribution in [2.45, 2.75) is 20.3 Å². The molecule has 9 heteroatoms. The van der Waals surface area contributed by atoms with Gasteiger partial charge >= 0.3 is 5.97 Å². The molecular formula is C20H18BrCl2N3O2S. The molecule has 0 fully saturated rings. The lowest BCUT2D eigenvalue weighted by molar-refractivity contribution is 0.0601. The maximum atomic E-state index is 12.1. The zero-order valence-electron chi connectivity index (χ0n) is 15.9. The highest BCUT2D eigenvalue weighted by Gasteiger charge is 2.19. The lowest BCUT2D eigenvalue weighted by Gasteiger charge is -2.07. The fourth-order valence-corrected chi connectivity index (χ4v) is 4.51. The van der Waals surface area contributed by atoms with Gasteiger partial charge in [0.25, 0.3) is 0 Å². The van der Waals surface area contributed by atoms with Gasteiger partial charge in [0.1, 0.15) is 11.4 Å². The lowest BCUT2D eigenvalue weighted by atomic mass is 10.0. The summed E-state index contributed by atoms with van der Waals surface area (Å²) in [6.45, 7) is 4.30. The number of rotatable bonds is 6. The van der Waals surface area contributed by atoms with Gasteiger partial charge < -0.3 is 10.1 Å². The summed E-state index contributed by atoms with van der Waals surface area (Å²) >= 11 is 17.1. The van der Waals surface area contributed by atoms with Crippen LogP contribution in [0.3, 0.4) is 0 Å². The van der Waals surface area contributed by atoms with Gasteiger partial charge in [-0.05, 0) is 46.5 Å². The number of nitrogens with one attached hydrogen (secondary N) is 1. The molecule has 0 spiro atoms. The fourth-order valence-electron chi connectivity index (χ4n) is 2.69. The van der Waals surface area contributed by atoms with Crippen molar-refractivity contribution in [2.75, 3.05) is 12.4 Å². The van der Waals surface area contributed by atoms with E-state index in [0.29, 0.717) is 36.9 Å². The number of ether oxygens (including phenoxy) is 1. The molecule has 0 saturated heterocycles. The summed E-state index contributed by atoms with van der Waals surface area (Å²) in [6, 6.07) is 7.12. The molecule has 0 radical (unpaired) electrons. The second kappa shape index (κ2) is 9.43. The van der Waals surface area contributed by atoms with E-state index in [4.69, 9.17) is 32.9 Å². The predicted molar refractivity (Wildman–Crippen MR) is 123 cm³/mol. The molecule has 29 heavy (non-hydrogen) atoms. The van der Waals surface area contributed by atoms with E-state index < -0.39 is 5.97 Å². The van der Waals surface area contributed by atoms with Gasteiger partial charge in [-0.3, -0.25) is 0 Å². The van der Waals surface area contributed by atoms with Crippen LogP contribution in [0.15, 0.2) is 34.9 Å². The molecule has 0 atom stereocenters. The van der Waals surface area contributed by atoms with Gasteiger partial charge in [-0.1, -0.05) is 43.1 Å². The highest BCUT2D eigenvalue weighted by Crippen LogP contribution is 2.37. The van der Waals surface area contributed by atoms with E-state index in [9.17, 15) is 4.79 Å². The molecule has 152 valence electrons. The Bertz CT molecular complexity index is 1060. The van der Waals surface area contributed by atoms with Gasteiger partial charge in [-0.2, -0.15) is 0 Å². The molecule has 2 aromatic heterocycles. The van der Waals surface area contributed by atoms with E-state index in [1.54, 1.807) is 18.3 Å². The van der Waals surface area contributed by atoms with Crippen molar-refractivity contribution in [2.24, 2.45) is 5.92 Å². The average molecular weight is 515 g/mol. The molecule has 1 aromatic carbocycles. The molecule has 1 N–H and O–H groups in total. The Labute approximate surface area is 191 Å². The standard InChI is InChI=1S/C20H18BrCl2N3O2S/c1-10(2)6-16-17(11-4-5-14(22)15(23)7-11)25-20(29-16)26-18-13(19(27)28-3)8-12(21)9-24-18/h4-5,7-10H,6H2,1-3H3,(H,24,25,26). The van der Waals surface area contributed by atoms with E-state index in [2.05, 4.69) is 40.1 Å².